The topological polar surface area (TPSA) is 15.3 Å². The highest BCUT2D eigenvalue weighted by Gasteiger charge is 2.23. The summed E-state index contributed by atoms with van der Waals surface area (Å²) in [5.41, 5.74) is 0. The van der Waals surface area contributed by atoms with E-state index in [1.165, 1.54) is 51.9 Å². The van der Waals surface area contributed by atoms with E-state index in [9.17, 15) is 0 Å². The summed E-state index contributed by atoms with van der Waals surface area (Å²) in [5, 5.41) is 3.53. The maximum atomic E-state index is 3.53. The lowest BCUT2D eigenvalue weighted by atomic mass is 10.0. The number of rotatable bonds is 2. The van der Waals surface area contributed by atoms with Crippen LogP contribution in [0.2, 0.25) is 0 Å². The van der Waals surface area contributed by atoms with Gasteiger partial charge in [-0.25, -0.2) is 0 Å². The summed E-state index contributed by atoms with van der Waals surface area (Å²) in [6.45, 7) is 7.60. The van der Waals surface area contributed by atoms with Crippen molar-refractivity contribution in [1.82, 2.24) is 10.2 Å². The Hall–Kier alpha value is -0.0800. The molecule has 13 heavy (non-hydrogen) atoms. The minimum absolute atomic E-state index is 0.759. The maximum Gasteiger partial charge on any atom is 0.00424 e. The van der Waals surface area contributed by atoms with Crippen LogP contribution in [-0.4, -0.2) is 37.1 Å². The molecule has 0 aliphatic carbocycles. The highest BCUT2D eigenvalue weighted by atomic mass is 15.1. The third-order valence-corrected chi connectivity index (χ3v) is 3.41. The van der Waals surface area contributed by atoms with Gasteiger partial charge in [-0.2, -0.15) is 0 Å². The van der Waals surface area contributed by atoms with E-state index in [4.69, 9.17) is 0 Å². The molecule has 0 aromatic rings. The summed E-state index contributed by atoms with van der Waals surface area (Å²) >= 11 is 0. The first-order valence-corrected chi connectivity index (χ1v) is 5.80. The summed E-state index contributed by atoms with van der Waals surface area (Å²) in [4.78, 5) is 2.66. The average molecular weight is 182 g/mol. The molecule has 0 radical (unpaired) electrons. The predicted octanol–water partition coefficient (Wildman–Crippen LogP) is 1.47. The number of piperidine rings is 1. The van der Waals surface area contributed by atoms with Crippen molar-refractivity contribution in [3.05, 3.63) is 0 Å². The van der Waals surface area contributed by atoms with Crippen molar-refractivity contribution in [2.75, 3.05) is 26.2 Å². The van der Waals surface area contributed by atoms with Crippen LogP contribution in [-0.2, 0) is 0 Å². The molecule has 2 heterocycles. The molecule has 2 fully saturated rings. The Morgan fingerprint density at radius 3 is 2.62 bits per heavy atom. The summed E-state index contributed by atoms with van der Waals surface area (Å²) < 4.78 is 0. The Bertz CT molecular complexity index is 149. The van der Waals surface area contributed by atoms with Gasteiger partial charge in [0.05, 0.1) is 0 Å². The lowest BCUT2D eigenvalue weighted by Crippen LogP contribution is -2.34. The zero-order chi connectivity index (χ0) is 9.10. The Morgan fingerprint density at radius 2 is 2.00 bits per heavy atom. The minimum atomic E-state index is 0.759. The normalized spacial score (nSPS) is 36.7. The van der Waals surface area contributed by atoms with Crippen molar-refractivity contribution >= 4 is 0 Å². The van der Waals surface area contributed by atoms with Crippen molar-refractivity contribution < 1.29 is 0 Å². The van der Waals surface area contributed by atoms with Crippen molar-refractivity contribution in [2.45, 2.75) is 38.6 Å². The molecule has 2 nitrogen and oxygen atoms in total. The Kier molecular flexibility index (Phi) is 3.23. The molecule has 2 aliphatic rings. The predicted molar refractivity (Wildman–Crippen MR) is 55.9 cm³/mol. The summed E-state index contributed by atoms with van der Waals surface area (Å²) in [6.07, 6.45) is 5.69. The number of nitrogens with one attached hydrogen (secondary N) is 1. The van der Waals surface area contributed by atoms with E-state index in [2.05, 4.69) is 17.1 Å². The van der Waals surface area contributed by atoms with E-state index in [1.54, 1.807) is 0 Å². The van der Waals surface area contributed by atoms with Crippen LogP contribution < -0.4 is 5.32 Å². The first-order valence-electron chi connectivity index (χ1n) is 5.80. The minimum Gasteiger partial charge on any atom is -0.314 e. The molecule has 2 aliphatic heterocycles. The average Bonchev–Trinajstić information content (AvgIpc) is 2.53. The zero-order valence-electron chi connectivity index (χ0n) is 8.76. The third kappa shape index (κ3) is 2.68. The lowest BCUT2D eigenvalue weighted by molar-refractivity contribution is 0.200. The number of hydrogen-bond acceptors (Lipinski definition) is 2. The van der Waals surface area contributed by atoms with Gasteiger partial charge in [0, 0.05) is 12.6 Å². The standard InChI is InChI=1S/C11H22N2/c1-10-7-11(8-12-10)9-13-5-3-2-4-6-13/h10-12H,2-9H2,1H3. The van der Waals surface area contributed by atoms with Crippen LogP contribution in [0.25, 0.3) is 0 Å². The maximum absolute atomic E-state index is 3.53. The molecule has 1 N–H and O–H groups in total. The Labute approximate surface area is 81.7 Å². The summed E-state index contributed by atoms with van der Waals surface area (Å²) in [7, 11) is 0. The molecule has 76 valence electrons. The van der Waals surface area contributed by atoms with E-state index in [1.807, 2.05) is 0 Å². The fourth-order valence-electron chi connectivity index (χ4n) is 2.68. The molecule has 0 spiro atoms. The molecule has 2 heteroatoms. The molecule has 2 rings (SSSR count). The van der Waals surface area contributed by atoms with E-state index >= 15 is 0 Å². The zero-order valence-corrected chi connectivity index (χ0v) is 8.76. The second-order valence-corrected chi connectivity index (χ2v) is 4.77. The molecule has 2 unspecified atom stereocenters. The summed E-state index contributed by atoms with van der Waals surface area (Å²) in [6, 6.07) is 0.759. The van der Waals surface area contributed by atoms with Crippen molar-refractivity contribution in [2.24, 2.45) is 5.92 Å². The van der Waals surface area contributed by atoms with Gasteiger partial charge in [0.2, 0.25) is 0 Å². The highest BCUT2D eigenvalue weighted by Crippen LogP contribution is 2.17. The van der Waals surface area contributed by atoms with Crippen LogP contribution in [0, 0.1) is 5.92 Å². The van der Waals surface area contributed by atoms with Crippen LogP contribution in [0.3, 0.4) is 0 Å². The second kappa shape index (κ2) is 4.43. The van der Waals surface area contributed by atoms with Crippen LogP contribution in [0.1, 0.15) is 32.6 Å². The quantitative estimate of drug-likeness (QED) is 0.695. The molecular formula is C11H22N2. The van der Waals surface area contributed by atoms with Gasteiger partial charge < -0.3 is 10.2 Å². The van der Waals surface area contributed by atoms with Crippen LogP contribution in [0.4, 0.5) is 0 Å². The van der Waals surface area contributed by atoms with Crippen molar-refractivity contribution in [3.63, 3.8) is 0 Å². The van der Waals surface area contributed by atoms with E-state index in [0.717, 1.165) is 12.0 Å². The van der Waals surface area contributed by atoms with Crippen molar-refractivity contribution in [1.29, 1.82) is 0 Å². The largest absolute Gasteiger partial charge is 0.314 e. The summed E-state index contributed by atoms with van der Waals surface area (Å²) in [5.74, 6) is 0.924. The van der Waals surface area contributed by atoms with Gasteiger partial charge >= 0.3 is 0 Å². The van der Waals surface area contributed by atoms with Crippen LogP contribution in [0.5, 0.6) is 0 Å². The molecule has 2 saturated heterocycles. The van der Waals surface area contributed by atoms with Gasteiger partial charge in [0.25, 0.3) is 0 Å². The van der Waals surface area contributed by atoms with Crippen molar-refractivity contribution in [3.8, 4) is 0 Å². The highest BCUT2D eigenvalue weighted by molar-refractivity contribution is 4.81. The fourth-order valence-corrected chi connectivity index (χ4v) is 2.68. The third-order valence-electron chi connectivity index (χ3n) is 3.41. The van der Waals surface area contributed by atoms with Crippen LogP contribution >= 0.6 is 0 Å². The Morgan fingerprint density at radius 1 is 1.23 bits per heavy atom. The van der Waals surface area contributed by atoms with E-state index < -0.39 is 0 Å². The van der Waals surface area contributed by atoms with Gasteiger partial charge in [-0.05, 0) is 51.7 Å². The SMILES string of the molecule is CC1CC(CN2CCCCC2)CN1. The number of likely N-dealkylation sites (tertiary alicyclic amines) is 1. The lowest BCUT2D eigenvalue weighted by Gasteiger charge is -2.28. The van der Waals surface area contributed by atoms with E-state index in [0.29, 0.717) is 0 Å². The van der Waals surface area contributed by atoms with Gasteiger partial charge in [0.15, 0.2) is 0 Å². The number of hydrogen-bond donors (Lipinski definition) is 1. The fraction of sp³-hybridized carbons (Fsp3) is 1.00. The first-order chi connectivity index (χ1) is 6.34. The van der Waals surface area contributed by atoms with Gasteiger partial charge in [-0.3, -0.25) is 0 Å². The number of nitrogens with zero attached hydrogens (tertiary/aromatic N) is 1. The molecule has 0 amide bonds. The monoisotopic (exact) mass is 182 g/mol. The first kappa shape index (κ1) is 9.47. The molecule has 0 saturated carbocycles. The molecule has 0 aromatic heterocycles. The Balaban J connectivity index is 1.71. The molecule has 0 aromatic carbocycles. The van der Waals surface area contributed by atoms with Gasteiger partial charge in [-0.15, -0.1) is 0 Å². The second-order valence-electron chi connectivity index (χ2n) is 4.77. The smallest absolute Gasteiger partial charge is 0.00424 e. The molecule has 2 atom stereocenters. The van der Waals surface area contributed by atoms with Gasteiger partial charge in [0.1, 0.15) is 0 Å². The van der Waals surface area contributed by atoms with Crippen LogP contribution in [0.15, 0.2) is 0 Å². The molecular weight excluding hydrogens is 160 g/mol. The van der Waals surface area contributed by atoms with Gasteiger partial charge in [-0.1, -0.05) is 6.42 Å². The molecule has 0 bridgehead atoms. The van der Waals surface area contributed by atoms with E-state index in [-0.39, 0.29) is 0 Å².